The summed E-state index contributed by atoms with van der Waals surface area (Å²) in [6.07, 6.45) is 0. The van der Waals surface area contributed by atoms with E-state index in [0.717, 1.165) is 17.1 Å². The minimum absolute atomic E-state index is 0.269. The fourth-order valence-corrected chi connectivity index (χ4v) is 3.12. The lowest BCUT2D eigenvalue weighted by atomic mass is 10.2. The minimum Gasteiger partial charge on any atom is -0.396 e. The van der Waals surface area contributed by atoms with Gasteiger partial charge in [-0.3, -0.25) is 0 Å². The molecule has 1 heterocycles. The summed E-state index contributed by atoms with van der Waals surface area (Å²) in [5.74, 6) is 8.24. The molecule has 2 nitrogen and oxygen atoms in total. The maximum atomic E-state index is 8.89. The molecule has 0 fully saturated rings. The van der Waals surface area contributed by atoms with Gasteiger partial charge in [0.2, 0.25) is 0 Å². The van der Waals surface area contributed by atoms with E-state index in [0.29, 0.717) is 12.5 Å². The van der Waals surface area contributed by atoms with Crippen molar-refractivity contribution in [1.29, 1.82) is 0 Å². The van der Waals surface area contributed by atoms with Crippen LogP contribution in [0.2, 0.25) is 0 Å². The Kier molecular flexibility index (Phi) is 6.58. The van der Waals surface area contributed by atoms with Crippen molar-refractivity contribution in [2.24, 2.45) is 11.7 Å². The Morgan fingerprint density at radius 3 is 3.12 bits per heavy atom. The third-order valence-corrected chi connectivity index (χ3v) is 4.39. The van der Waals surface area contributed by atoms with Gasteiger partial charge < -0.3 is 10.8 Å². The van der Waals surface area contributed by atoms with E-state index in [-0.39, 0.29) is 6.61 Å². The molecule has 4 heteroatoms. The van der Waals surface area contributed by atoms with Gasteiger partial charge in [-0.15, -0.1) is 11.3 Å². The van der Waals surface area contributed by atoms with Gasteiger partial charge in [0, 0.05) is 28.2 Å². The fraction of sp³-hybridized carbons (Fsp3) is 0.500. The molecule has 0 aliphatic carbocycles. The van der Waals surface area contributed by atoms with Crippen molar-refractivity contribution < 1.29 is 5.11 Å². The van der Waals surface area contributed by atoms with Crippen LogP contribution in [0.15, 0.2) is 11.4 Å². The number of thiophene rings is 1. The average Bonchev–Trinajstić information content (AvgIpc) is 2.74. The first-order chi connectivity index (χ1) is 7.76. The topological polar surface area (TPSA) is 46.2 Å². The van der Waals surface area contributed by atoms with Crippen LogP contribution in [-0.2, 0) is 5.75 Å². The van der Waals surface area contributed by atoms with Gasteiger partial charge >= 0.3 is 0 Å². The Morgan fingerprint density at radius 2 is 2.44 bits per heavy atom. The van der Waals surface area contributed by atoms with E-state index in [4.69, 9.17) is 10.8 Å². The Hall–Kier alpha value is -0.470. The van der Waals surface area contributed by atoms with Crippen LogP contribution in [0.25, 0.3) is 0 Å². The van der Waals surface area contributed by atoms with Crippen molar-refractivity contribution in [1.82, 2.24) is 0 Å². The zero-order valence-electron chi connectivity index (χ0n) is 9.40. The highest BCUT2D eigenvalue weighted by molar-refractivity contribution is 7.98. The molecule has 16 heavy (non-hydrogen) atoms. The highest BCUT2D eigenvalue weighted by Crippen LogP contribution is 2.21. The van der Waals surface area contributed by atoms with E-state index in [9.17, 15) is 0 Å². The molecule has 0 aromatic carbocycles. The quantitative estimate of drug-likeness (QED) is 0.790. The van der Waals surface area contributed by atoms with Gasteiger partial charge in [0.05, 0.1) is 6.54 Å². The largest absolute Gasteiger partial charge is 0.396 e. The normalized spacial score (nSPS) is 11.9. The maximum Gasteiger partial charge on any atom is 0.0555 e. The van der Waals surface area contributed by atoms with Crippen LogP contribution in [-0.4, -0.2) is 24.0 Å². The summed E-state index contributed by atoms with van der Waals surface area (Å²) in [7, 11) is 0. The van der Waals surface area contributed by atoms with Crippen LogP contribution in [0.4, 0.5) is 0 Å². The van der Waals surface area contributed by atoms with Crippen LogP contribution in [0.5, 0.6) is 0 Å². The SMILES string of the molecule is CC(CO)CSCc1cc(C#CCN)cs1. The molecule has 1 rings (SSSR count). The number of aliphatic hydroxyl groups is 1. The smallest absolute Gasteiger partial charge is 0.0555 e. The second-order valence-electron chi connectivity index (χ2n) is 3.61. The number of aliphatic hydroxyl groups excluding tert-OH is 1. The third-order valence-electron chi connectivity index (χ3n) is 1.95. The second kappa shape index (κ2) is 7.75. The van der Waals surface area contributed by atoms with Gasteiger partial charge in [0.15, 0.2) is 0 Å². The summed E-state index contributed by atoms with van der Waals surface area (Å²) in [5.41, 5.74) is 6.37. The second-order valence-corrected chi connectivity index (χ2v) is 5.64. The molecule has 1 aromatic heterocycles. The molecule has 0 spiro atoms. The number of nitrogens with two attached hydrogens (primary N) is 1. The monoisotopic (exact) mass is 255 g/mol. The van der Waals surface area contributed by atoms with Crippen LogP contribution >= 0.6 is 23.1 Å². The Balaban J connectivity index is 2.35. The summed E-state index contributed by atoms with van der Waals surface area (Å²) < 4.78 is 0. The molecule has 0 radical (unpaired) electrons. The van der Waals surface area contributed by atoms with E-state index in [2.05, 4.69) is 30.2 Å². The number of hydrogen-bond acceptors (Lipinski definition) is 4. The van der Waals surface area contributed by atoms with Crippen LogP contribution < -0.4 is 5.73 Å². The van der Waals surface area contributed by atoms with Crippen LogP contribution in [0, 0.1) is 17.8 Å². The van der Waals surface area contributed by atoms with Gasteiger partial charge in [-0.1, -0.05) is 18.8 Å². The molecule has 0 saturated carbocycles. The Morgan fingerprint density at radius 1 is 1.62 bits per heavy atom. The zero-order valence-corrected chi connectivity index (χ0v) is 11.0. The van der Waals surface area contributed by atoms with E-state index < -0.39 is 0 Å². The van der Waals surface area contributed by atoms with Gasteiger partial charge in [0.1, 0.15) is 0 Å². The van der Waals surface area contributed by atoms with Gasteiger partial charge in [-0.05, 0) is 17.7 Å². The van der Waals surface area contributed by atoms with E-state index in [1.807, 2.05) is 11.8 Å². The Labute approximate surface area is 105 Å². The van der Waals surface area contributed by atoms with Crippen molar-refractivity contribution in [2.45, 2.75) is 12.7 Å². The summed E-state index contributed by atoms with van der Waals surface area (Å²) in [6.45, 7) is 2.73. The van der Waals surface area contributed by atoms with Gasteiger partial charge in [0.25, 0.3) is 0 Å². The van der Waals surface area contributed by atoms with Crippen molar-refractivity contribution in [3.8, 4) is 11.8 Å². The molecule has 0 amide bonds. The lowest BCUT2D eigenvalue weighted by Gasteiger charge is -2.05. The number of rotatable bonds is 5. The first-order valence-corrected chi connectivity index (χ1v) is 7.24. The van der Waals surface area contributed by atoms with Gasteiger partial charge in [-0.2, -0.15) is 11.8 Å². The number of thioether (sulfide) groups is 1. The lowest BCUT2D eigenvalue weighted by molar-refractivity contribution is 0.250. The lowest BCUT2D eigenvalue weighted by Crippen LogP contribution is -2.03. The molecule has 1 unspecified atom stereocenters. The molecule has 0 aliphatic rings. The molecule has 0 saturated heterocycles. The predicted octanol–water partition coefficient (Wildman–Crippen LogP) is 1.92. The summed E-state index contributed by atoms with van der Waals surface area (Å²) in [6, 6.07) is 2.12. The molecular formula is C12H17NOS2. The Bertz CT molecular complexity index is 365. The fourth-order valence-electron chi connectivity index (χ4n) is 1.09. The summed E-state index contributed by atoms with van der Waals surface area (Å²) in [4.78, 5) is 1.33. The van der Waals surface area contributed by atoms with E-state index >= 15 is 0 Å². The molecule has 1 atom stereocenters. The molecule has 0 aliphatic heterocycles. The highest BCUT2D eigenvalue weighted by atomic mass is 32.2. The summed E-state index contributed by atoms with van der Waals surface area (Å²) in [5, 5.41) is 11.0. The predicted molar refractivity (Wildman–Crippen MR) is 72.7 cm³/mol. The van der Waals surface area contributed by atoms with Crippen molar-refractivity contribution in [2.75, 3.05) is 18.9 Å². The maximum absolute atomic E-state index is 8.89. The van der Waals surface area contributed by atoms with Crippen LogP contribution in [0.3, 0.4) is 0 Å². The van der Waals surface area contributed by atoms with E-state index in [1.165, 1.54) is 4.88 Å². The molecule has 1 aromatic rings. The van der Waals surface area contributed by atoms with Crippen LogP contribution in [0.1, 0.15) is 17.4 Å². The standard InChI is InChI=1S/C12H17NOS2/c1-10(6-14)7-15-9-12-5-11(8-16-12)3-2-4-13/h5,8,10,14H,4,6-7,9,13H2,1H3. The third kappa shape index (κ3) is 5.04. The minimum atomic E-state index is 0.269. The zero-order chi connectivity index (χ0) is 11.8. The summed E-state index contributed by atoms with van der Waals surface area (Å²) >= 11 is 3.59. The average molecular weight is 255 g/mol. The molecular weight excluding hydrogens is 238 g/mol. The molecule has 0 bridgehead atoms. The molecule has 88 valence electrons. The number of hydrogen-bond donors (Lipinski definition) is 2. The first-order valence-electron chi connectivity index (χ1n) is 5.21. The van der Waals surface area contributed by atoms with E-state index in [1.54, 1.807) is 11.3 Å². The van der Waals surface area contributed by atoms with Crippen molar-refractivity contribution in [3.63, 3.8) is 0 Å². The van der Waals surface area contributed by atoms with Gasteiger partial charge in [-0.25, -0.2) is 0 Å². The first kappa shape index (κ1) is 13.6. The van der Waals surface area contributed by atoms with Crippen molar-refractivity contribution in [3.05, 3.63) is 21.9 Å². The molecule has 3 N–H and O–H groups in total. The van der Waals surface area contributed by atoms with Crippen molar-refractivity contribution >= 4 is 23.1 Å². The highest BCUT2D eigenvalue weighted by Gasteiger charge is 2.02.